The fourth-order valence-electron chi connectivity index (χ4n) is 3.79. The van der Waals surface area contributed by atoms with E-state index in [4.69, 9.17) is 4.98 Å². The highest BCUT2D eigenvalue weighted by Crippen LogP contribution is 2.34. The summed E-state index contributed by atoms with van der Waals surface area (Å²) >= 11 is 1.77. The summed E-state index contributed by atoms with van der Waals surface area (Å²) in [5, 5.41) is 4.27. The molecule has 2 aromatic heterocycles. The second-order valence-electron chi connectivity index (χ2n) is 7.07. The van der Waals surface area contributed by atoms with Gasteiger partial charge in [-0.3, -0.25) is 9.20 Å². The fraction of sp³-hybridized carbons (Fsp3) is 0.174. The molecule has 0 radical (unpaired) electrons. The van der Waals surface area contributed by atoms with Crippen LogP contribution >= 0.6 is 11.3 Å². The number of carbonyl (C=O) groups excluding carboxylic acids is 1. The molecule has 4 aromatic rings. The maximum Gasteiger partial charge on any atom is 0.271 e. The molecule has 29 heavy (non-hydrogen) atoms. The quantitative estimate of drug-likeness (QED) is 0.399. The number of hydrazone groups is 1. The van der Waals surface area contributed by atoms with Crippen LogP contribution in [-0.4, -0.2) is 21.5 Å². The monoisotopic (exact) mass is 400 g/mol. The Morgan fingerprint density at radius 1 is 1.03 bits per heavy atom. The number of benzene rings is 2. The number of nitrogens with zero attached hydrogens (tertiary/aromatic N) is 3. The average molecular weight is 401 g/mol. The van der Waals surface area contributed by atoms with Gasteiger partial charge in [-0.15, -0.1) is 11.3 Å². The van der Waals surface area contributed by atoms with Crippen molar-refractivity contribution in [2.75, 3.05) is 0 Å². The topological polar surface area (TPSA) is 58.8 Å². The van der Waals surface area contributed by atoms with Crippen molar-refractivity contribution in [2.45, 2.75) is 25.7 Å². The number of hydrogen-bond donors (Lipinski definition) is 1. The lowest BCUT2D eigenvalue weighted by atomic mass is 10.0. The maximum absolute atomic E-state index is 12.3. The minimum Gasteiger partial charge on any atom is -0.285 e. The fourth-order valence-corrected chi connectivity index (χ4v) is 5.01. The summed E-state index contributed by atoms with van der Waals surface area (Å²) in [6.07, 6.45) is 6.32. The number of rotatable bonds is 4. The lowest BCUT2D eigenvalue weighted by Crippen LogP contribution is -2.17. The lowest BCUT2D eigenvalue weighted by molar-refractivity contribution is 0.0955. The van der Waals surface area contributed by atoms with Crippen LogP contribution in [0.3, 0.4) is 0 Å². The molecule has 0 unspecified atom stereocenters. The van der Waals surface area contributed by atoms with Gasteiger partial charge in [0.2, 0.25) is 0 Å². The average Bonchev–Trinajstić information content (AvgIpc) is 3.31. The zero-order valence-electron chi connectivity index (χ0n) is 15.8. The summed E-state index contributed by atoms with van der Waals surface area (Å²) in [6, 6.07) is 19.2. The van der Waals surface area contributed by atoms with Crippen LogP contribution < -0.4 is 5.43 Å². The van der Waals surface area contributed by atoms with E-state index in [1.54, 1.807) is 29.7 Å². The molecule has 0 saturated carbocycles. The third kappa shape index (κ3) is 3.36. The van der Waals surface area contributed by atoms with E-state index in [0.717, 1.165) is 34.8 Å². The number of aromatic nitrogens is 2. The first kappa shape index (κ1) is 17.8. The van der Waals surface area contributed by atoms with Crippen molar-refractivity contribution >= 4 is 28.4 Å². The van der Waals surface area contributed by atoms with Gasteiger partial charge in [0, 0.05) is 21.7 Å². The molecule has 5 nitrogen and oxygen atoms in total. The number of thiazole rings is 1. The molecule has 1 aliphatic carbocycles. The second kappa shape index (κ2) is 7.64. The molecule has 1 aliphatic rings. The highest BCUT2D eigenvalue weighted by atomic mass is 32.1. The molecule has 1 N–H and O–H groups in total. The Morgan fingerprint density at radius 3 is 2.55 bits per heavy atom. The first-order valence-corrected chi connectivity index (χ1v) is 10.6. The molecule has 0 aliphatic heterocycles. The Labute approximate surface area is 172 Å². The van der Waals surface area contributed by atoms with Crippen molar-refractivity contribution in [2.24, 2.45) is 5.10 Å². The number of hydrogen-bond acceptors (Lipinski definition) is 4. The first-order valence-electron chi connectivity index (χ1n) is 9.78. The van der Waals surface area contributed by atoms with Gasteiger partial charge >= 0.3 is 0 Å². The number of fused-ring (bicyclic) bond motifs is 3. The number of carbonyl (C=O) groups is 1. The Morgan fingerprint density at radius 2 is 1.76 bits per heavy atom. The van der Waals surface area contributed by atoms with Crippen molar-refractivity contribution in [3.8, 4) is 11.3 Å². The van der Waals surface area contributed by atoms with Crippen LogP contribution in [0.25, 0.3) is 16.2 Å². The van der Waals surface area contributed by atoms with Crippen LogP contribution in [0.5, 0.6) is 0 Å². The molecular formula is C23H20N4OS. The largest absolute Gasteiger partial charge is 0.285 e. The van der Waals surface area contributed by atoms with Gasteiger partial charge in [-0.05, 0) is 37.8 Å². The van der Waals surface area contributed by atoms with Crippen molar-refractivity contribution in [3.63, 3.8) is 0 Å². The molecule has 6 heteroatoms. The standard InChI is InChI=1S/C23H20N4OS/c28-22(17-11-5-2-6-12-17)26-24-15-19-21(16-9-3-1-4-10-16)25-23-27(19)18-13-7-8-14-20(18)29-23/h1-6,9-12,15H,7-8,13-14H2,(H,26,28)/b24-15+. The van der Waals surface area contributed by atoms with Crippen LogP contribution in [-0.2, 0) is 12.8 Å². The highest BCUT2D eigenvalue weighted by Gasteiger charge is 2.22. The van der Waals surface area contributed by atoms with E-state index in [2.05, 4.69) is 27.1 Å². The van der Waals surface area contributed by atoms with Gasteiger partial charge in [0.05, 0.1) is 17.6 Å². The van der Waals surface area contributed by atoms with E-state index in [-0.39, 0.29) is 5.91 Å². The second-order valence-corrected chi connectivity index (χ2v) is 8.14. The predicted molar refractivity (Wildman–Crippen MR) is 117 cm³/mol. The van der Waals surface area contributed by atoms with Crippen molar-refractivity contribution < 1.29 is 4.79 Å². The number of amides is 1. The molecule has 5 rings (SSSR count). The number of nitrogens with one attached hydrogen (secondary N) is 1. The van der Waals surface area contributed by atoms with E-state index < -0.39 is 0 Å². The molecule has 1 amide bonds. The van der Waals surface area contributed by atoms with Gasteiger partial charge in [0.25, 0.3) is 5.91 Å². The Bertz CT molecular complexity index is 1190. The minimum atomic E-state index is -0.226. The van der Waals surface area contributed by atoms with Gasteiger partial charge < -0.3 is 0 Å². The third-order valence-corrected chi connectivity index (χ3v) is 6.33. The van der Waals surface area contributed by atoms with Gasteiger partial charge in [-0.1, -0.05) is 48.5 Å². The minimum absolute atomic E-state index is 0.226. The molecular weight excluding hydrogens is 380 g/mol. The maximum atomic E-state index is 12.3. The Kier molecular flexibility index (Phi) is 4.69. The van der Waals surface area contributed by atoms with Gasteiger partial charge in [0.1, 0.15) is 0 Å². The van der Waals surface area contributed by atoms with Crippen LogP contribution in [0, 0.1) is 0 Å². The van der Waals surface area contributed by atoms with Gasteiger partial charge in [-0.25, -0.2) is 10.4 Å². The Hall–Kier alpha value is -3.25. The van der Waals surface area contributed by atoms with Gasteiger partial charge in [0.15, 0.2) is 4.96 Å². The van der Waals surface area contributed by atoms with E-state index in [0.29, 0.717) is 5.56 Å². The molecule has 0 bridgehead atoms. The van der Waals surface area contributed by atoms with Crippen molar-refractivity contribution in [3.05, 3.63) is 82.5 Å². The molecule has 2 heterocycles. The molecule has 0 saturated heterocycles. The van der Waals surface area contributed by atoms with Gasteiger partial charge in [-0.2, -0.15) is 5.10 Å². The first-order chi connectivity index (χ1) is 14.3. The van der Waals surface area contributed by atoms with E-state index in [9.17, 15) is 4.79 Å². The highest BCUT2D eigenvalue weighted by molar-refractivity contribution is 7.17. The van der Waals surface area contributed by atoms with Crippen molar-refractivity contribution in [1.29, 1.82) is 0 Å². The summed E-state index contributed by atoms with van der Waals surface area (Å²) in [5.74, 6) is -0.226. The molecule has 144 valence electrons. The van der Waals surface area contributed by atoms with Crippen LogP contribution in [0.2, 0.25) is 0 Å². The van der Waals surface area contributed by atoms with Crippen LogP contribution in [0.15, 0.2) is 65.8 Å². The zero-order valence-corrected chi connectivity index (χ0v) is 16.7. The van der Waals surface area contributed by atoms with Crippen LogP contribution in [0.1, 0.15) is 39.5 Å². The third-order valence-electron chi connectivity index (χ3n) is 5.19. The van der Waals surface area contributed by atoms with E-state index in [1.807, 2.05) is 36.4 Å². The summed E-state index contributed by atoms with van der Waals surface area (Å²) in [4.78, 5) is 19.7. The summed E-state index contributed by atoms with van der Waals surface area (Å²) < 4.78 is 2.22. The summed E-state index contributed by atoms with van der Waals surface area (Å²) in [7, 11) is 0. The van der Waals surface area contributed by atoms with E-state index >= 15 is 0 Å². The zero-order chi connectivity index (χ0) is 19.6. The molecule has 2 aromatic carbocycles. The lowest BCUT2D eigenvalue weighted by Gasteiger charge is -2.11. The van der Waals surface area contributed by atoms with Crippen LogP contribution in [0.4, 0.5) is 0 Å². The SMILES string of the molecule is O=C(N/N=C/c1c(-c2ccccc2)nc2sc3c(n12)CCCC3)c1ccccc1. The molecule has 0 fully saturated rings. The molecule has 0 spiro atoms. The number of imidazole rings is 1. The van der Waals surface area contributed by atoms with Crippen molar-refractivity contribution in [1.82, 2.24) is 14.8 Å². The smallest absolute Gasteiger partial charge is 0.271 e. The normalized spacial score (nSPS) is 13.7. The molecule has 0 atom stereocenters. The summed E-state index contributed by atoms with van der Waals surface area (Å²) in [6.45, 7) is 0. The Balaban J connectivity index is 1.55. The summed E-state index contributed by atoms with van der Waals surface area (Å²) in [5.41, 5.74) is 7.42. The number of aryl methyl sites for hydroxylation is 2. The predicted octanol–water partition coefficient (Wildman–Crippen LogP) is 4.71. The van der Waals surface area contributed by atoms with E-state index in [1.165, 1.54) is 23.4 Å².